The molecule has 0 saturated carbocycles. The summed E-state index contributed by atoms with van der Waals surface area (Å²) in [6, 6.07) is 3.94. The minimum atomic E-state index is -1.40. The van der Waals surface area contributed by atoms with Gasteiger partial charge in [-0.2, -0.15) is 0 Å². The van der Waals surface area contributed by atoms with Crippen molar-refractivity contribution in [2.24, 2.45) is 0 Å². The van der Waals surface area contributed by atoms with Crippen LogP contribution in [0.2, 0.25) is 0 Å². The molecule has 1 N–H and O–H groups in total. The van der Waals surface area contributed by atoms with Crippen molar-refractivity contribution in [1.82, 2.24) is 5.32 Å². The Balaban J connectivity index is 2.30. The third kappa shape index (κ3) is 4.50. The molecule has 1 atom stereocenters. The van der Waals surface area contributed by atoms with Crippen LogP contribution in [0, 0.1) is 6.92 Å². The van der Waals surface area contributed by atoms with Crippen LogP contribution in [-0.4, -0.2) is 24.5 Å². The quantitative estimate of drug-likeness (QED) is 0.581. The maximum absolute atomic E-state index is 12.3. The van der Waals surface area contributed by atoms with E-state index in [9.17, 15) is 19.5 Å². The molecule has 1 aromatic heterocycles. The van der Waals surface area contributed by atoms with Gasteiger partial charge in [-0.15, -0.1) is 0 Å². The number of aryl methyl sites for hydroxylation is 1. The number of fused-ring (bicyclic) bond motifs is 1. The molecule has 7 nitrogen and oxygen atoms in total. The van der Waals surface area contributed by atoms with Gasteiger partial charge in [-0.05, 0) is 44.0 Å². The molecule has 1 aromatic carbocycles. The van der Waals surface area contributed by atoms with Crippen molar-refractivity contribution in [1.29, 1.82) is 0 Å². The van der Waals surface area contributed by atoms with Crippen LogP contribution in [0.5, 0.6) is 5.75 Å². The zero-order valence-electron chi connectivity index (χ0n) is 14.9. The van der Waals surface area contributed by atoms with Gasteiger partial charge in [0, 0.05) is 11.5 Å². The molecule has 0 fully saturated rings. The van der Waals surface area contributed by atoms with E-state index in [1.165, 1.54) is 6.92 Å². The zero-order valence-corrected chi connectivity index (χ0v) is 14.9. The Bertz CT molecular complexity index is 928. The Morgan fingerprint density at radius 1 is 1.38 bits per heavy atom. The van der Waals surface area contributed by atoms with Crippen LogP contribution in [0.4, 0.5) is 0 Å². The van der Waals surface area contributed by atoms with Gasteiger partial charge in [0.2, 0.25) is 5.91 Å². The van der Waals surface area contributed by atoms with Crippen molar-refractivity contribution in [3.63, 3.8) is 0 Å². The number of ether oxygens (including phenoxy) is 1. The van der Waals surface area contributed by atoms with Crippen molar-refractivity contribution in [3.8, 4) is 5.75 Å². The lowest BCUT2D eigenvalue weighted by molar-refractivity contribution is -0.307. The fourth-order valence-corrected chi connectivity index (χ4v) is 2.39. The topological polar surface area (TPSA) is 109 Å². The summed E-state index contributed by atoms with van der Waals surface area (Å²) < 4.78 is 10.8. The number of aliphatic carboxylic acids is 1. The molecular formula is C19H20NO6-. The zero-order chi connectivity index (χ0) is 19.4. The van der Waals surface area contributed by atoms with Crippen molar-refractivity contribution < 1.29 is 23.8 Å². The Labute approximate surface area is 150 Å². The van der Waals surface area contributed by atoms with Crippen LogP contribution in [0.15, 0.2) is 39.6 Å². The highest BCUT2D eigenvalue weighted by atomic mass is 16.5. The molecule has 0 radical (unpaired) electrons. The van der Waals surface area contributed by atoms with E-state index in [0.29, 0.717) is 28.9 Å². The molecule has 0 aliphatic rings. The summed E-state index contributed by atoms with van der Waals surface area (Å²) in [5.41, 5.74) is 1.33. The van der Waals surface area contributed by atoms with Crippen molar-refractivity contribution >= 4 is 22.8 Å². The highest BCUT2D eigenvalue weighted by molar-refractivity contribution is 5.87. The van der Waals surface area contributed by atoms with E-state index < -0.39 is 23.5 Å². The first-order valence-corrected chi connectivity index (χ1v) is 8.02. The Kier molecular flexibility index (Phi) is 5.82. The van der Waals surface area contributed by atoms with Crippen LogP contribution >= 0.6 is 0 Å². The number of carbonyl (C=O) groups is 2. The average Bonchev–Trinajstić information content (AvgIpc) is 2.56. The number of carboxylic acid groups (broad SMARTS) is 1. The number of rotatable bonds is 7. The second kappa shape index (κ2) is 7.86. The van der Waals surface area contributed by atoms with Gasteiger partial charge in [0.25, 0.3) is 0 Å². The van der Waals surface area contributed by atoms with Crippen LogP contribution < -0.4 is 20.8 Å². The molecule has 0 aliphatic heterocycles. The smallest absolute Gasteiger partial charge is 0.340 e. The highest BCUT2D eigenvalue weighted by Crippen LogP contribution is 2.24. The van der Waals surface area contributed by atoms with Gasteiger partial charge in [0.1, 0.15) is 17.9 Å². The molecule has 2 aromatic rings. The first-order chi connectivity index (χ1) is 12.2. The second-order valence-electron chi connectivity index (χ2n) is 6.18. The van der Waals surface area contributed by atoms with Crippen molar-refractivity contribution in [2.75, 3.05) is 6.61 Å². The van der Waals surface area contributed by atoms with E-state index in [-0.39, 0.29) is 12.0 Å². The van der Waals surface area contributed by atoms with Crippen LogP contribution in [0.25, 0.3) is 11.0 Å². The number of nitrogens with one attached hydrogen (secondary N) is 1. The van der Waals surface area contributed by atoms with Crippen LogP contribution in [0.1, 0.15) is 25.0 Å². The van der Waals surface area contributed by atoms with E-state index in [1.807, 2.05) is 6.92 Å². The fraction of sp³-hybridized carbons (Fsp3) is 0.316. The number of amides is 1. The lowest BCUT2D eigenvalue weighted by atomic mass is 10.0. The first kappa shape index (κ1) is 19.2. The van der Waals surface area contributed by atoms with Gasteiger partial charge in [-0.1, -0.05) is 6.58 Å². The molecule has 7 heteroatoms. The second-order valence-corrected chi connectivity index (χ2v) is 6.18. The predicted molar refractivity (Wildman–Crippen MR) is 93.8 cm³/mol. The molecule has 1 heterocycles. The summed E-state index contributed by atoms with van der Waals surface area (Å²) in [6.07, 6.45) is -0.282. The summed E-state index contributed by atoms with van der Waals surface area (Å²) in [5.74, 6) is -1.46. The van der Waals surface area contributed by atoms with E-state index in [1.54, 1.807) is 25.1 Å². The van der Waals surface area contributed by atoms with E-state index in [2.05, 4.69) is 11.9 Å². The van der Waals surface area contributed by atoms with Gasteiger partial charge in [0.15, 0.2) is 0 Å². The summed E-state index contributed by atoms with van der Waals surface area (Å²) >= 11 is 0. The van der Waals surface area contributed by atoms with Gasteiger partial charge >= 0.3 is 5.63 Å². The lowest BCUT2D eigenvalue weighted by Crippen LogP contribution is -2.46. The van der Waals surface area contributed by atoms with E-state index in [4.69, 9.17) is 9.15 Å². The van der Waals surface area contributed by atoms with Crippen molar-refractivity contribution in [2.45, 2.75) is 33.2 Å². The first-order valence-electron chi connectivity index (χ1n) is 8.02. The normalized spacial score (nSPS) is 11.8. The number of benzene rings is 1. The number of carbonyl (C=O) groups excluding carboxylic acids is 2. The Morgan fingerprint density at radius 2 is 2.08 bits per heavy atom. The van der Waals surface area contributed by atoms with Gasteiger partial charge < -0.3 is 24.4 Å². The van der Waals surface area contributed by atoms with Gasteiger partial charge in [-0.3, -0.25) is 4.79 Å². The molecular weight excluding hydrogens is 338 g/mol. The molecule has 0 aliphatic carbocycles. The molecule has 1 amide bonds. The predicted octanol–water partition coefficient (Wildman–Crippen LogP) is 0.853. The Hall–Kier alpha value is -3.09. The SMILES string of the molecule is C=C(C)COc1ccc2c(C)c(CC(=O)N[C@@H](C)C(=O)[O-])c(=O)oc2c1. The van der Waals surface area contributed by atoms with E-state index in [0.717, 1.165) is 5.57 Å². The molecule has 0 unspecified atom stereocenters. The molecule has 0 spiro atoms. The summed E-state index contributed by atoms with van der Waals surface area (Å²) in [4.78, 5) is 34.9. The molecule has 0 bridgehead atoms. The van der Waals surface area contributed by atoms with E-state index >= 15 is 0 Å². The average molecular weight is 358 g/mol. The minimum absolute atomic E-state index is 0.177. The summed E-state index contributed by atoms with van der Waals surface area (Å²) in [6.45, 7) is 8.94. The van der Waals surface area contributed by atoms with Gasteiger partial charge in [-0.25, -0.2) is 4.79 Å². The molecule has 138 valence electrons. The minimum Gasteiger partial charge on any atom is -0.548 e. The maximum Gasteiger partial charge on any atom is 0.340 e. The summed E-state index contributed by atoms with van der Waals surface area (Å²) in [7, 11) is 0. The molecule has 0 saturated heterocycles. The number of hydrogen-bond donors (Lipinski definition) is 1. The third-order valence-corrected chi connectivity index (χ3v) is 3.81. The molecule has 2 rings (SSSR count). The largest absolute Gasteiger partial charge is 0.548 e. The molecule has 26 heavy (non-hydrogen) atoms. The number of carboxylic acids is 1. The number of hydrogen-bond acceptors (Lipinski definition) is 6. The maximum atomic E-state index is 12.3. The van der Waals surface area contributed by atoms with Gasteiger partial charge in [0.05, 0.1) is 24.0 Å². The summed E-state index contributed by atoms with van der Waals surface area (Å²) in [5, 5.41) is 13.6. The fourth-order valence-electron chi connectivity index (χ4n) is 2.39. The monoisotopic (exact) mass is 358 g/mol. The standard InChI is InChI=1S/C19H21NO6/c1-10(2)9-25-13-5-6-14-11(3)15(19(24)26-16(14)7-13)8-17(21)20-12(4)18(22)23/h5-7,12H,1,8-9H2,2-4H3,(H,20,21)(H,22,23)/p-1/t12-/m0/s1. The highest BCUT2D eigenvalue weighted by Gasteiger charge is 2.17. The third-order valence-electron chi connectivity index (χ3n) is 3.81. The Morgan fingerprint density at radius 3 is 2.69 bits per heavy atom. The lowest BCUT2D eigenvalue weighted by Gasteiger charge is -2.15. The van der Waals surface area contributed by atoms with Crippen LogP contribution in [-0.2, 0) is 16.0 Å². The van der Waals surface area contributed by atoms with Crippen LogP contribution in [0.3, 0.4) is 0 Å². The van der Waals surface area contributed by atoms with Crippen molar-refractivity contribution in [3.05, 3.63) is 51.9 Å².